The van der Waals surface area contributed by atoms with Crippen LogP contribution in [0.2, 0.25) is 5.02 Å². The molecular weight excluding hydrogens is 360 g/mol. The van der Waals surface area contributed by atoms with Crippen LogP contribution in [0.1, 0.15) is 5.56 Å². The quantitative estimate of drug-likeness (QED) is 0.455. The lowest BCUT2D eigenvalue weighted by Crippen LogP contribution is -2.24. The van der Waals surface area contributed by atoms with Gasteiger partial charge in [0.05, 0.1) is 11.1 Å². The van der Waals surface area contributed by atoms with E-state index < -0.39 is 10.8 Å². The van der Waals surface area contributed by atoms with Crippen molar-refractivity contribution in [2.45, 2.75) is 0 Å². The lowest BCUT2D eigenvalue weighted by Gasteiger charge is -2.14. The van der Waals surface area contributed by atoms with Gasteiger partial charge in [0.15, 0.2) is 6.61 Å². The molecule has 0 heterocycles. The number of ether oxygens (including phenoxy) is 1. The monoisotopic (exact) mass is 376 g/mol. The molecule has 0 radical (unpaired) electrons. The van der Waals surface area contributed by atoms with Crippen molar-refractivity contribution in [3.63, 3.8) is 0 Å². The Morgan fingerprint density at radius 1 is 1.31 bits per heavy atom. The molecule has 0 aliphatic carbocycles. The summed E-state index contributed by atoms with van der Waals surface area (Å²) in [6, 6.07) is 11.0. The van der Waals surface area contributed by atoms with Gasteiger partial charge in [-0.2, -0.15) is 5.10 Å². The maximum Gasteiger partial charge on any atom is 0.277 e. The molecule has 0 saturated carbocycles. The zero-order valence-electron chi connectivity index (χ0n) is 14.2. The highest BCUT2D eigenvalue weighted by Crippen LogP contribution is 2.22. The van der Waals surface area contributed by atoms with Crippen LogP contribution >= 0.6 is 11.6 Å². The summed E-state index contributed by atoms with van der Waals surface area (Å²) in [5.74, 6) is 0.0372. The molecule has 0 aromatic heterocycles. The number of hydrogen-bond acceptors (Lipinski definition) is 6. The molecule has 0 saturated heterocycles. The van der Waals surface area contributed by atoms with E-state index >= 15 is 0 Å². The zero-order valence-corrected chi connectivity index (χ0v) is 14.9. The van der Waals surface area contributed by atoms with Crippen molar-refractivity contribution in [1.82, 2.24) is 5.43 Å². The van der Waals surface area contributed by atoms with Gasteiger partial charge in [-0.25, -0.2) is 5.43 Å². The number of anilines is 1. The molecule has 0 atom stereocenters. The number of carbonyl (C=O) groups excluding carboxylic acids is 1. The summed E-state index contributed by atoms with van der Waals surface area (Å²) in [5, 5.41) is 15.3. The number of nitrogens with one attached hydrogen (secondary N) is 1. The Bertz CT molecular complexity index is 822. The molecule has 1 N–H and O–H groups in total. The lowest BCUT2D eigenvalue weighted by molar-refractivity contribution is -0.384. The predicted molar refractivity (Wildman–Crippen MR) is 100 cm³/mol. The molecule has 8 nitrogen and oxygen atoms in total. The van der Waals surface area contributed by atoms with Crippen LogP contribution in [0.25, 0.3) is 0 Å². The first-order valence-corrected chi connectivity index (χ1v) is 7.90. The van der Waals surface area contributed by atoms with E-state index in [-0.39, 0.29) is 12.3 Å². The summed E-state index contributed by atoms with van der Waals surface area (Å²) in [6.45, 7) is -0.228. The number of non-ortho nitro benzene ring substituents is 1. The number of nitrogens with zero attached hydrogens (tertiary/aromatic N) is 3. The number of amides is 1. The van der Waals surface area contributed by atoms with Crippen LogP contribution < -0.4 is 15.1 Å². The first-order valence-electron chi connectivity index (χ1n) is 7.53. The molecule has 0 unspecified atom stereocenters. The van der Waals surface area contributed by atoms with Crippen LogP contribution in [0.15, 0.2) is 47.6 Å². The maximum absolute atomic E-state index is 11.8. The fraction of sp³-hybridized carbons (Fsp3) is 0.176. The molecule has 9 heteroatoms. The maximum atomic E-state index is 11.8. The second-order valence-electron chi connectivity index (χ2n) is 5.43. The summed E-state index contributed by atoms with van der Waals surface area (Å²) in [4.78, 5) is 24.0. The van der Waals surface area contributed by atoms with E-state index in [1.807, 2.05) is 0 Å². The summed E-state index contributed by atoms with van der Waals surface area (Å²) in [7, 11) is 3.61. The Balaban J connectivity index is 1.98. The number of rotatable bonds is 7. The van der Waals surface area contributed by atoms with Crippen molar-refractivity contribution in [3.8, 4) is 5.75 Å². The van der Waals surface area contributed by atoms with Gasteiger partial charge in [-0.15, -0.1) is 0 Å². The van der Waals surface area contributed by atoms with Crippen molar-refractivity contribution in [1.29, 1.82) is 0 Å². The summed E-state index contributed by atoms with van der Waals surface area (Å²) >= 11 is 5.77. The standard InChI is InChI=1S/C17H17ClN4O4/c1-21(2)16-8-5-14(22(24)25)9-12(16)10-19-20-17(23)11-26-15-6-3-13(18)4-7-15/h3-10H,11H2,1-2H3,(H,20,23)/b19-10-. The Kier molecular flexibility index (Phi) is 6.51. The Labute approximate surface area is 155 Å². The normalized spacial score (nSPS) is 10.6. The predicted octanol–water partition coefficient (Wildman–Crippen LogP) is 2.84. The number of carbonyl (C=O) groups is 1. The van der Waals surface area contributed by atoms with Gasteiger partial charge in [-0.1, -0.05) is 11.6 Å². The minimum absolute atomic E-state index is 0.0607. The topological polar surface area (TPSA) is 97.1 Å². The largest absolute Gasteiger partial charge is 0.484 e. The first kappa shape index (κ1) is 19.2. The number of halogens is 1. The third kappa shape index (κ3) is 5.45. The van der Waals surface area contributed by atoms with Gasteiger partial charge in [0.2, 0.25) is 0 Å². The van der Waals surface area contributed by atoms with Crippen LogP contribution in [0, 0.1) is 10.1 Å². The molecule has 2 aromatic rings. The van der Waals surface area contributed by atoms with Gasteiger partial charge < -0.3 is 9.64 Å². The Morgan fingerprint density at radius 3 is 2.62 bits per heavy atom. The van der Waals surface area contributed by atoms with E-state index in [2.05, 4.69) is 10.5 Å². The number of hydrazone groups is 1. The molecule has 2 rings (SSSR count). The van der Waals surface area contributed by atoms with Crippen molar-refractivity contribution in [2.75, 3.05) is 25.6 Å². The van der Waals surface area contributed by atoms with Gasteiger partial charge in [0.1, 0.15) is 5.75 Å². The number of benzene rings is 2. The molecule has 0 aliphatic heterocycles. The van der Waals surface area contributed by atoms with E-state index in [4.69, 9.17) is 16.3 Å². The van der Waals surface area contributed by atoms with Crippen LogP contribution in [0.3, 0.4) is 0 Å². The number of nitro benzene ring substituents is 1. The fourth-order valence-electron chi connectivity index (χ4n) is 2.05. The minimum atomic E-state index is -0.491. The van der Waals surface area contributed by atoms with Crippen molar-refractivity contribution >= 4 is 35.1 Å². The zero-order chi connectivity index (χ0) is 19.1. The molecule has 2 aromatic carbocycles. The highest BCUT2D eigenvalue weighted by molar-refractivity contribution is 6.30. The number of nitro groups is 1. The summed E-state index contributed by atoms with van der Waals surface area (Å²) in [5.41, 5.74) is 3.49. The average molecular weight is 377 g/mol. The average Bonchev–Trinajstić information content (AvgIpc) is 2.61. The second-order valence-corrected chi connectivity index (χ2v) is 5.87. The molecule has 0 aliphatic rings. The first-order chi connectivity index (χ1) is 12.4. The SMILES string of the molecule is CN(C)c1ccc([N+](=O)[O-])cc1/C=N\NC(=O)COc1ccc(Cl)cc1. The Morgan fingerprint density at radius 2 is 2.00 bits per heavy atom. The smallest absolute Gasteiger partial charge is 0.277 e. The molecule has 26 heavy (non-hydrogen) atoms. The highest BCUT2D eigenvalue weighted by atomic mass is 35.5. The van der Waals surface area contributed by atoms with Gasteiger partial charge in [0.25, 0.3) is 11.6 Å². The van der Waals surface area contributed by atoms with E-state index in [1.54, 1.807) is 49.3 Å². The van der Waals surface area contributed by atoms with E-state index in [0.717, 1.165) is 5.69 Å². The van der Waals surface area contributed by atoms with Gasteiger partial charge in [-0.3, -0.25) is 14.9 Å². The van der Waals surface area contributed by atoms with E-state index in [9.17, 15) is 14.9 Å². The van der Waals surface area contributed by atoms with Crippen molar-refractivity contribution in [3.05, 3.63) is 63.2 Å². The third-order valence-corrected chi connectivity index (χ3v) is 3.53. The second kappa shape index (κ2) is 8.82. The third-order valence-electron chi connectivity index (χ3n) is 3.28. The van der Waals surface area contributed by atoms with Crippen molar-refractivity contribution in [2.24, 2.45) is 5.10 Å². The molecule has 0 bridgehead atoms. The highest BCUT2D eigenvalue weighted by Gasteiger charge is 2.11. The summed E-state index contributed by atoms with van der Waals surface area (Å²) < 4.78 is 5.30. The molecule has 136 valence electrons. The van der Waals surface area contributed by atoms with Crippen LogP contribution in [-0.4, -0.2) is 37.7 Å². The van der Waals surface area contributed by atoms with Crippen LogP contribution in [0.4, 0.5) is 11.4 Å². The van der Waals surface area contributed by atoms with Crippen LogP contribution in [-0.2, 0) is 4.79 Å². The molecule has 0 fully saturated rings. The fourth-order valence-corrected chi connectivity index (χ4v) is 2.18. The van der Waals surface area contributed by atoms with Gasteiger partial charge in [0, 0.05) is 42.5 Å². The lowest BCUT2D eigenvalue weighted by atomic mass is 10.1. The van der Waals surface area contributed by atoms with E-state index in [0.29, 0.717) is 16.3 Å². The minimum Gasteiger partial charge on any atom is -0.484 e. The van der Waals surface area contributed by atoms with Gasteiger partial charge >= 0.3 is 0 Å². The number of hydrogen-bond donors (Lipinski definition) is 1. The summed E-state index contributed by atoms with van der Waals surface area (Å²) in [6.07, 6.45) is 1.35. The van der Waals surface area contributed by atoms with E-state index in [1.165, 1.54) is 18.3 Å². The molecular formula is C17H17ClN4O4. The molecule has 1 amide bonds. The van der Waals surface area contributed by atoms with Crippen LogP contribution in [0.5, 0.6) is 5.75 Å². The Hall–Kier alpha value is -3.13. The molecule has 0 spiro atoms. The van der Waals surface area contributed by atoms with Crippen molar-refractivity contribution < 1.29 is 14.5 Å². The van der Waals surface area contributed by atoms with Gasteiger partial charge in [-0.05, 0) is 30.3 Å².